The maximum absolute atomic E-state index is 12.4. The molecular formula is C21H30N2O3S. The average Bonchev–Trinajstić information content (AvgIpc) is 2.60. The molecule has 0 fully saturated rings. The molecule has 2 rings (SSSR count). The third-order valence-corrected chi connectivity index (χ3v) is 5.96. The third kappa shape index (κ3) is 6.96. The van der Waals surface area contributed by atoms with Crippen molar-refractivity contribution in [2.24, 2.45) is 5.92 Å². The quantitative estimate of drug-likeness (QED) is 0.647. The van der Waals surface area contributed by atoms with Crippen molar-refractivity contribution in [3.8, 4) is 0 Å². The number of fused-ring (bicyclic) bond motifs is 1. The van der Waals surface area contributed by atoms with E-state index in [1.807, 2.05) is 31.2 Å². The van der Waals surface area contributed by atoms with Crippen LogP contribution in [0.5, 0.6) is 0 Å². The summed E-state index contributed by atoms with van der Waals surface area (Å²) >= 11 is 0. The molecule has 0 unspecified atom stereocenters. The standard InChI is InChI=1S/C21H30N2O3S/c1-16(2)7-6-8-17(3)23-21(24)13-14-22-27(25,26)20-12-11-18-9-4-5-10-19(18)15-20/h4-5,9-12,15-17,22H,6-8,13-14H2,1-3H3,(H,23,24)/t17-/m1/s1. The van der Waals surface area contributed by atoms with E-state index in [0.717, 1.165) is 30.0 Å². The van der Waals surface area contributed by atoms with Crippen LogP contribution in [0.15, 0.2) is 47.4 Å². The molecule has 0 aliphatic rings. The second-order valence-corrected chi connectivity index (χ2v) is 9.22. The van der Waals surface area contributed by atoms with E-state index in [0.29, 0.717) is 5.92 Å². The highest BCUT2D eigenvalue weighted by Gasteiger charge is 2.15. The first-order valence-electron chi connectivity index (χ1n) is 9.56. The number of carbonyl (C=O) groups excluding carboxylic acids is 1. The van der Waals surface area contributed by atoms with Crippen LogP contribution >= 0.6 is 0 Å². The van der Waals surface area contributed by atoms with Gasteiger partial charge in [0.1, 0.15) is 0 Å². The Hall–Kier alpha value is -1.92. The van der Waals surface area contributed by atoms with E-state index in [9.17, 15) is 13.2 Å². The van der Waals surface area contributed by atoms with Crippen molar-refractivity contribution in [3.63, 3.8) is 0 Å². The van der Waals surface area contributed by atoms with Gasteiger partial charge in [0.15, 0.2) is 0 Å². The molecule has 2 aromatic carbocycles. The lowest BCUT2D eigenvalue weighted by Crippen LogP contribution is -2.35. The van der Waals surface area contributed by atoms with Gasteiger partial charge >= 0.3 is 0 Å². The van der Waals surface area contributed by atoms with E-state index < -0.39 is 10.0 Å². The van der Waals surface area contributed by atoms with E-state index in [4.69, 9.17) is 0 Å². The van der Waals surface area contributed by atoms with Crippen molar-refractivity contribution >= 4 is 26.7 Å². The lowest BCUT2D eigenvalue weighted by Gasteiger charge is -2.14. The zero-order chi connectivity index (χ0) is 19.9. The number of sulfonamides is 1. The molecule has 0 bridgehead atoms. The molecular weight excluding hydrogens is 360 g/mol. The largest absolute Gasteiger partial charge is 0.354 e. The topological polar surface area (TPSA) is 75.3 Å². The zero-order valence-electron chi connectivity index (χ0n) is 16.4. The number of hydrogen-bond acceptors (Lipinski definition) is 3. The fraction of sp³-hybridized carbons (Fsp3) is 0.476. The van der Waals surface area contributed by atoms with Crippen molar-refractivity contribution in [3.05, 3.63) is 42.5 Å². The molecule has 0 heterocycles. The summed E-state index contributed by atoms with van der Waals surface area (Å²) in [7, 11) is -3.63. The van der Waals surface area contributed by atoms with Crippen LogP contribution in [0.3, 0.4) is 0 Å². The maximum atomic E-state index is 12.4. The van der Waals surface area contributed by atoms with Gasteiger partial charge in [-0.1, -0.05) is 57.0 Å². The fourth-order valence-electron chi connectivity index (χ4n) is 2.97. The van der Waals surface area contributed by atoms with Crippen molar-refractivity contribution in [1.82, 2.24) is 10.0 Å². The van der Waals surface area contributed by atoms with Gasteiger partial charge in [-0.05, 0) is 42.2 Å². The maximum Gasteiger partial charge on any atom is 0.240 e. The van der Waals surface area contributed by atoms with Crippen LogP contribution in [-0.2, 0) is 14.8 Å². The molecule has 0 aliphatic heterocycles. The molecule has 1 atom stereocenters. The van der Waals surface area contributed by atoms with Crippen LogP contribution < -0.4 is 10.0 Å². The smallest absolute Gasteiger partial charge is 0.240 e. The molecule has 2 N–H and O–H groups in total. The summed E-state index contributed by atoms with van der Waals surface area (Å²) in [6, 6.07) is 12.7. The molecule has 6 heteroatoms. The van der Waals surface area contributed by atoms with Gasteiger partial charge in [-0.2, -0.15) is 0 Å². The molecule has 0 aromatic heterocycles. The number of carbonyl (C=O) groups is 1. The first-order valence-corrected chi connectivity index (χ1v) is 11.0. The van der Waals surface area contributed by atoms with E-state index >= 15 is 0 Å². The van der Waals surface area contributed by atoms with Crippen LogP contribution in [0.1, 0.15) is 46.5 Å². The SMILES string of the molecule is CC(C)CCC[C@@H](C)NC(=O)CCNS(=O)(=O)c1ccc2ccccc2c1. The highest BCUT2D eigenvalue weighted by atomic mass is 32.2. The van der Waals surface area contributed by atoms with Crippen LogP contribution in [0.2, 0.25) is 0 Å². The third-order valence-electron chi connectivity index (χ3n) is 4.50. The lowest BCUT2D eigenvalue weighted by atomic mass is 10.0. The predicted octanol–water partition coefficient (Wildman–Crippen LogP) is 3.84. The van der Waals surface area contributed by atoms with Crippen LogP contribution in [0, 0.1) is 5.92 Å². The highest BCUT2D eigenvalue weighted by molar-refractivity contribution is 7.89. The number of hydrogen-bond donors (Lipinski definition) is 2. The first kappa shape index (κ1) is 21.4. The van der Waals surface area contributed by atoms with Crippen molar-refractivity contribution < 1.29 is 13.2 Å². The molecule has 0 aliphatic carbocycles. The normalized spacial score (nSPS) is 13.0. The molecule has 0 radical (unpaired) electrons. The van der Waals surface area contributed by atoms with E-state index in [1.54, 1.807) is 18.2 Å². The van der Waals surface area contributed by atoms with Crippen molar-refractivity contribution in [2.45, 2.75) is 57.4 Å². The summed E-state index contributed by atoms with van der Waals surface area (Å²) in [4.78, 5) is 12.2. The summed E-state index contributed by atoms with van der Waals surface area (Å²) in [5, 5.41) is 4.79. The molecule has 2 aromatic rings. The van der Waals surface area contributed by atoms with Crippen LogP contribution in [-0.4, -0.2) is 26.9 Å². The second-order valence-electron chi connectivity index (χ2n) is 7.45. The molecule has 148 valence electrons. The number of benzene rings is 2. The minimum atomic E-state index is -3.63. The molecule has 0 saturated carbocycles. The molecule has 0 spiro atoms. The zero-order valence-corrected chi connectivity index (χ0v) is 17.2. The van der Waals surface area contributed by atoms with Gasteiger partial charge in [-0.25, -0.2) is 13.1 Å². The summed E-state index contributed by atoms with van der Waals surface area (Å²) in [6.07, 6.45) is 3.29. The predicted molar refractivity (Wildman–Crippen MR) is 110 cm³/mol. The van der Waals surface area contributed by atoms with E-state index in [2.05, 4.69) is 23.9 Å². The number of rotatable bonds is 10. The van der Waals surface area contributed by atoms with Crippen molar-refractivity contribution in [2.75, 3.05) is 6.54 Å². The Morgan fingerprint density at radius 1 is 1.00 bits per heavy atom. The van der Waals surface area contributed by atoms with E-state index in [1.165, 1.54) is 0 Å². The summed E-state index contributed by atoms with van der Waals surface area (Å²) < 4.78 is 27.4. The van der Waals surface area contributed by atoms with Crippen LogP contribution in [0.4, 0.5) is 0 Å². The van der Waals surface area contributed by atoms with Gasteiger partial charge < -0.3 is 5.32 Å². The Labute approximate surface area is 162 Å². The van der Waals surface area contributed by atoms with Gasteiger partial charge in [0, 0.05) is 19.0 Å². The van der Waals surface area contributed by atoms with Gasteiger partial charge in [0.25, 0.3) is 0 Å². The minimum absolute atomic E-state index is 0.0830. The highest BCUT2D eigenvalue weighted by Crippen LogP contribution is 2.18. The Morgan fingerprint density at radius 3 is 2.41 bits per heavy atom. The summed E-state index contributed by atoms with van der Waals surface area (Å²) in [5.74, 6) is 0.533. The lowest BCUT2D eigenvalue weighted by molar-refractivity contribution is -0.121. The Kier molecular flexibility index (Phi) is 7.80. The fourth-order valence-corrected chi connectivity index (χ4v) is 4.04. The molecule has 0 saturated heterocycles. The van der Waals surface area contributed by atoms with Gasteiger partial charge in [0.2, 0.25) is 15.9 Å². The second kappa shape index (κ2) is 9.85. The minimum Gasteiger partial charge on any atom is -0.354 e. The molecule has 27 heavy (non-hydrogen) atoms. The Bertz CT molecular complexity index is 863. The van der Waals surface area contributed by atoms with Gasteiger partial charge in [-0.3, -0.25) is 4.79 Å². The van der Waals surface area contributed by atoms with Crippen LogP contribution in [0.25, 0.3) is 10.8 Å². The Morgan fingerprint density at radius 2 is 1.70 bits per heavy atom. The molecule has 5 nitrogen and oxygen atoms in total. The van der Waals surface area contributed by atoms with Crippen molar-refractivity contribution in [1.29, 1.82) is 0 Å². The van der Waals surface area contributed by atoms with Gasteiger partial charge in [-0.15, -0.1) is 0 Å². The summed E-state index contributed by atoms with van der Waals surface area (Å²) in [6.45, 7) is 6.44. The average molecular weight is 391 g/mol. The van der Waals surface area contributed by atoms with E-state index in [-0.39, 0.29) is 29.8 Å². The number of amides is 1. The summed E-state index contributed by atoms with van der Waals surface area (Å²) in [5.41, 5.74) is 0. The Balaban J connectivity index is 1.81. The first-order chi connectivity index (χ1) is 12.8. The monoisotopic (exact) mass is 390 g/mol. The van der Waals surface area contributed by atoms with Gasteiger partial charge in [0.05, 0.1) is 4.90 Å². The number of nitrogens with one attached hydrogen (secondary N) is 2. The molecule has 1 amide bonds.